The van der Waals surface area contributed by atoms with Gasteiger partial charge < -0.3 is 10.4 Å². The molecule has 6 nitrogen and oxygen atoms in total. The third-order valence-corrected chi connectivity index (χ3v) is 11.8. The molecule has 0 bridgehead atoms. The van der Waals surface area contributed by atoms with Crippen molar-refractivity contribution in [3.05, 3.63) is 58.2 Å². The largest absolute Gasteiger partial charge is 0.419 e. The van der Waals surface area contributed by atoms with Crippen molar-refractivity contribution in [2.75, 3.05) is 39.8 Å². The van der Waals surface area contributed by atoms with Crippen LogP contribution in [0.3, 0.4) is 0 Å². The maximum Gasteiger partial charge on any atom is 0.419 e. The summed E-state index contributed by atoms with van der Waals surface area (Å²) in [6, 6.07) is 8.47. The van der Waals surface area contributed by atoms with Crippen LogP contribution in [0, 0.1) is 17.3 Å². The maximum atomic E-state index is 14.5. The first-order chi connectivity index (χ1) is 21.3. The lowest BCUT2D eigenvalue weighted by Crippen LogP contribution is -2.53. The normalized spacial score (nSPS) is 33.3. The fourth-order valence-electron chi connectivity index (χ4n) is 9.30. The average molecular weight is 632 g/mol. The van der Waals surface area contributed by atoms with Gasteiger partial charge in [0.2, 0.25) is 5.91 Å². The molecule has 10 heteroatoms. The number of ketones is 1. The monoisotopic (exact) mass is 631 g/mol. The number of hydrogen-bond acceptors (Lipinski definition) is 5. The summed E-state index contributed by atoms with van der Waals surface area (Å²) in [4.78, 5) is 28.6. The number of alkyl halides is 4. The van der Waals surface area contributed by atoms with Gasteiger partial charge in [0.15, 0.2) is 12.0 Å². The number of carbonyl (C=O) groups is 2. The summed E-state index contributed by atoms with van der Waals surface area (Å²) in [5.74, 6) is 0.0702. The molecule has 3 unspecified atom stereocenters. The van der Waals surface area contributed by atoms with Crippen molar-refractivity contribution in [2.24, 2.45) is 17.3 Å². The molecule has 1 amide bonds. The molecule has 1 saturated heterocycles. The van der Waals surface area contributed by atoms with E-state index in [0.717, 1.165) is 62.3 Å². The standard InChI is InChI=1S/C35H45F4N3O3/c1-33-18-28(23-5-3-22(4-6-23)20-41-13-15-42(16-14-41)21-31(44)40-2)32-26-10-8-25(43)17-24(26)7-9-27(32)29(33)11-12-34(33,45)19-30(36)35(37,38)39/h3-6,17,27-30,45H,7-16,18-21H2,1-2H3,(H,40,44)/t27?,28-,29?,30?,33+,34-/m1/s1. The van der Waals surface area contributed by atoms with E-state index in [1.807, 2.05) is 6.92 Å². The first-order valence-corrected chi connectivity index (χ1v) is 16.5. The number of nitrogens with zero attached hydrogens (tertiary/aromatic N) is 2. The molecule has 0 radical (unpaired) electrons. The summed E-state index contributed by atoms with van der Waals surface area (Å²) >= 11 is 0. The van der Waals surface area contributed by atoms with Crippen molar-refractivity contribution in [1.82, 2.24) is 15.1 Å². The van der Waals surface area contributed by atoms with Crippen LogP contribution in [0.2, 0.25) is 0 Å². The number of halogens is 4. The van der Waals surface area contributed by atoms with Crippen LogP contribution >= 0.6 is 0 Å². The summed E-state index contributed by atoms with van der Waals surface area (Å²) in [5.41, 5.74) is 3.20. The highest BCUT2D eigenvalue weighted by atomic mass is 19.4. The van der Waals surface area contributed by atoms with E-state index in [9.17, 15) is 32.3 Å². The Labute approximate surface area is 262 Å². The van der Waals surface area contributed by atoms with E-state index in [1.54, 1.807) is 13.1 Å². The Hall–Kier alpha value is -2.56. The summed E-state index contributed by atoms with van der Waals surface area (Å²) in [6.07, 6.45) is -3.37. The van der Waals surface area contributed by atoms with Gasteiger partial charge in [-0.3, -0.25) is 19.4 Å². The summed E-state index contributed by atoms with van der Waals surface area (Å²) in [5, 5.41) is 14.5. The molecule has 6 rings (SSSR count). The van der Waals surface area contributed by atoms with Crippen LogP contribution < -0.4 is 5.32 Å². The minimum Gasteiger partial charge on any atom is -0.389 e. The van der Waals surface area contributed by atoms with Crippen molar-refractivity contribution < 1.29 is 32.3 Å². The summed E-state index contributed by atoms with van der Waals surface area (Å²) < 4.78 is 54.7. The fraction of sp³-hybridized carbons (Fsp3) is 0.657. The zero-order valence-electron chi connectivity index (χ0n) is 26.3. The van der Waals surface area contributed by atoms with Gasteiger partial charge in [0.05, 0.1) is 12.1 Å². The lowest BCUT2D eigenvalue weighted by molar-refractivity contribution is -0.206. The first kappa shape index (κ1) is 32.4. The number of piperazine rings is 1. The van der Waals surface area contributed by atoms with Crippen LogP contribution in [0.25, 0.3) is 0 Å². The van der Waals surface area contributed by atoms with E-state index >= 15 is 0 Å². The highest BCUT2D eigenvalue weighted by Crippen LogP contribution is 2.67. The first-order valence-electron chi connectivity index (χ1n) is 16.5. The van der Waals surface area contributed by atoms with Crippen LogP contribution in [0.1, 0.15) is 75.3 Å². The topological polar surface area (TPSA) is 72.9 Å². The minimum atomic E-state index is -5.00. The lowest BCUT2D eigenvalue weighted by Gasteiger charge is -2.55. The number of carbonyl (C=O) groups excluding carboxylic acids is 2. The molecule has 1 aliphatic heterocycles. The minimum absolute atomic E-state index is 0.0153. The van der Waals surface area contributed by atoms with Crippen molar-refractivity contribution in [3.63, 3.8) is 0 Å². The third-order valence-electron chi connectivity index (χ3n) is 11.8. The van der Waals surface area contributed by atoms with Gasteiger partial charge in [-0.05, 0) is 78.7 Å². The fourth-order valence-corrected chi connectivity index (χ4v) is 9.30. The van der Waals surface area contributed by atoms with Gasteiger partial charge in [-0.25, -0.2) is 4.39 Å². The number of hydrogen-bond donors (Lipinski definition) is 2. The van der Waals surface area contributed by atoms with Gasteiger partial charge in [0.1, 0.15) is 0 Å². The smallest absolute Gasteiger partial charge is 0.389 e. The number of benzene rings is 1. The van der Waals surface area contributed by atoms with E-state index in [0.29, 0.717) is 32.2 Å². The number of allylic oxidation sites excluding steroid dienone is 4. The second-order valence-corrected chi connectivity index (χ2v) is 14.2. The molecule has 0 spiro atoms. The van der Waals surface area contributed by atoms with Gasteiger partial charge in [-0.15, -0.1) is 0 Å². The van der Waals surface area contributed by atoms with Gasteiger partial charge in [-0.1, -0.05) is 36.8 Å². The molecule has 45 heavy (non-hydrogen) atoms. The molecule has 4 aliphatic carbocycles. The molecule has 246 valence electrons. The van der Waals surface area contributed by atoms with Crippen molar-refractivity contribution >= 4 is 11.7 Å². The molecular weight excluding hydrogens is 586 g/mol. The number of aliphatic hydroxyl groups is 1. The quantitative estimate of drug-likeness (QED) is 0.391. The predicted molar refractivity (Wildman–Crippen MR) is 163 cm³/mol. The second-order valence-electron chi connectivity index (χ2n) is 14.2. The zero-order valence-corrected chi connectivity index (χ0v) is 26.3. The molecule has 1 aromatic carbocycles. The Bertz CT molecular complexity index is 1370. The molecule has 1 aromatic rings. The van der Waals surface area contributed by atoms with Crippen LogP contribution in [0.15, 0.2) is 47.1 Å². The highest BCUT2D eigenvalue weighted by molar-refractivity contribution is 5.93. The maximum absolute atomic E-state index is 14.5. The molecule has 0 aromatic heterocycles. The van der Waals surface area contributed by atoms with E-state index in [-0.39, 0.29) is 35.9 Å². The van der Waals surface area contributed by atoms with Crippen molar-refractivity contribution in [1.29, 1.82) is 0 Å². The summed E-state index contributed by atoms with van der Waals surface area (Å²) in [7, 11) is 1.65. The summed E-state index contributed by atoms with van der Waals surface area (Å²) in [6.45, 7) is 6.44. The van der Waals surface area contributed by atoms with E-state index in [2.05, 4.69) is 39.4 Å². The van der Waals surface area contributed by atoms with Gasteiger partial charge in [-0.2, -0.15) is 13.2 Å². The number of fused-ring (bicyclic) bond motifs is 4. The van der Waals surface area contributed by atoms with Crippen molar-refractivity contribution in [3.8, 4) is 0 Å². The average Bonchev–Trinajstić information content (AvgIpc) is 3.26. The molecular formula is C35H45F4N3O3. The van der Waals surface area contributed by atoms with Crippen molar-refractivity contribution in [2.45, 2.75) is 88.7 Å². The van der Waals surface area contributed by atoms with Crippen LogP contribution in [0.4, 0.5) is 17.6 Å². The molecule has 2 N–H and O–H groups in total. The van der Waals surface area contributed by atoms with E-state index in [4.69, 9.17) is 0 Å². The van der Waals surface area contributed by atoms with Gasteiger partial charge >= 0.3 is 6.18 Å². The van der Waals surface area contributed by atoms with Crippen LogP contribution in [0.5, 0.6) is 0 Å². The number of likely N-dealkylation sites (N-methyl/N-ethyl adjacent to an activating group) is 1. The Morgan fingerprint density at radius 2 is 1.76 bits per heavy atom. The van der Waals surface area contributed by atoms with Crippen LogP contribution in [-0.4, -0.2) is 84.3 Å². The predicted octanol–water partition coefficient (Wildman–Crippen LogP) is 5.47. The Balaban J connectivity index is 1.27. The SMILES string of the molecule is CNC(=O)CN1CCN(Cc2ccc([C@H]3C[C@@]4(C)C(CC[C@@]4(O)CC(F)C(F)(F)F)C4CCC5=CC(=O)CCC5=C43)cc2)CC1. The number of nitrogens with one attached hydrogen (secondary N) is 1. The molecule has 5 aliphatic rings. The Morgan fingerprint density at radius 3 is 2.42 bits per heavy atom. The second kappa shape index (κ2) is 12.2. The zero-order chi connectivity index (χ0) is 32.1. The highest BCUT2D eigenvalue weighted by Gasteiger charge is 2.64. The molecule has 6 atom stereocenters. The lowest BCUT2D eigenvalue weighted by atomic mass is 9.50. The Morgan fingerprint density at radius 1 is 1.07 bits per heavy atom. The molecule has 2 saturated carbocycles. The van der Waals surface area contributed by atoms with E-state index < -0.39 is 29.8 Å². The van der Waals surface area contributed by atoms with Gasteiger partial charge in [0.25, 0.3) is 0 Å². The van der Waals surface area contributed by atoms with E-state index in [1.165, 1.54) is 11.1 Å². The number of amides is 1. The Kier molecular flexibility index (Phi) is 8.80. The van der Waals surface area contributed by atoms with Crippen LogP contribution in [-0.2, 0) is 16.1 Å². The molecule has 3 fully saturated rings. The van der Waals surface area contributed by atoms with Gasteiger partial charge in [0, 0.05) is 63.9 Å². The molecule has 1 heterocycles. The number of rotatable bonds is 7. The third kappa shape index (κ3) is 6.14.